The van der Waals surface area contributed by atoms with E-state index >= 15 is 0 Å². The molecule has 1 unspecified atom stereocenters. The Labute approximate surface area is 311 Å². The summed E-state index contributed by atoms with van der Waals surface area (Å²) in [7, 11) is 1.65. The first-order chi connectivity index (χ1) is 25.9. The summed E-state index contributed by atoms with van der Waals surface area (Å²) in [4.78, 5) is 37.7. The van der Waals surface area contributed by atoms with Crippen molar-refractivity contribution in [1.82, 2.24) is 5.32 Å². The predicted molar refractivity (Wildman–Crippen MR) is 199 cm³/mol. The van der Waals surface area contributed by atoms with Gasteiger partial charge in [0.2, 0.25) is 11.8 Å². The zero-order valence-corrected chi connectivity index (χ0v) is 29.5. The van der Waals surface area contributed by atoms with E-state index in [2.05, 4.69) is 17.4 Å². The number of hydrogen-bond acceptors (Lipinski definition) is 6. The van der Waals surface area contributed by atoms with Crippen molar-refractivity contribution >= 4 is 23.5 Å². The second-order valence-electron chi connectivity index (χ2n) is 12.5. The van der Waals surface area contributed by atoms with Gasteiger partial charge in [0.15, 0.2) is 5.75 Å². The van der Waals surface area contributed by atoms with Crippen molar-refractivity contribution in [1.29, 1.82) is 0 Å². The molecular formula is C42H40F3N3O6. The second-order valence-corrected chi connectivity index (χ2v) is 12.5. The van der Waals surface area contributed by atoms with Gasteiger partial charge in [0.1, 0.15) is 11.5 Å². The van der Waals surface area contributed by atoms with Crippen LogP contribution in [0, 0.1) is 0 Å². The fourth-order valence-corrected chi connectivity index (χ4v) is 6.03. The molecular weight excluding hydrogens is 699 g/mol. The van der Waals surface area contributed by atoms with E-state index in [1.165, 1.54) is 5.56 Å². The Morgan fingerprint density at radius 1 is 0.815 bits per heavy atom. The maximum absolute atomic E-state index is 14.0. The molecule has 4 N–H and O–H groups in total. The highest BCUT2D eigenvalue weighted by molar-refractivity contribution is 5.96. The van der Waals surface area contributed by atoms with Crippen LogP contribution >= 0.6 is 0 Å². The number of alkyl halides is 3. The van der Waals surface area contributed by atoms with Crippen molar-refractivity contribution in [3.63, 3.8) is 0 Å². The van der Waals surface area contributed by atoms with E-state index in [1.54, 1.807) is 12.0 Å². The van der Waals surface area contributed by atoms with E-state index in [4.69, 9.17) is 25.1 Å². The number of benzene rings is 5. The molecule has 0 heterocycles. The zero-order valence-electron chi connectivity index (χ0n) is 29.5. The number of para-hydroxylation sites is 2. The average Bonchev–Trinajstić information content (AvgIpc) is 3.59. The lowest BCUT2D eigenvalue weighted by Gasteiger charge is -2.26. The molecule has 0 radical (unpaired) electrons. The quantitative estimate of drug-likeness (QED) is 0.117. The second kappa shape index (κ2) is 18.1. The van der Waals surface area contributed by atoms with E-state index in [9.17, 15) is 22.8 Å². The van der Waals surface area contributed by atoms with Crippen molar-refractivity contribution < 1.29 is 42.1 Å². The maximum atomic E-state index is 14.0. The number of rotatable bonds is 12. The highest BCUT2D eigenvalue weighted by Gasteiger charge is 2.38. The maximum Gasteiger partial charge on any atom is 0.490 e. The summed E-state index contributed by atoms with van der Waals surface area (Å²) < 4.78 is 43.4. The minimum absolute atomic E-state index is 0.0208. The third-order valence-corrected chi connectivity index (χ3v) is 8.81. The number of carboxylic acids is 1. The van der Waals surface area contributed by atoms with Crippen LogP contribution in [-0.2, 0) is 33.9 Å². The van der Waals surface area contributed by atoms with Gasteiger partial charge in [0, 0.05) is 19.4 Å². The fourth-order valence-electron chi connectivity index (χ4n) is 6.03. The number of hydrogen-bond donors (Lipinski definition) is 3. The number of carbonyl (C=O) groups excluding carboxylic acids is 2. The fraction of sp³-hybridized carbons (Fsp3) is 0.214. The molecule has 5 aromatic rings. The highest BCUT2D eigenvalue weighted by atomic mass is 19.4. The summed E-state index contributed by atoms with van der Waals surface area (Å²) in [5.41, 5.74) is 12.9. The van der Waals surface area contributed by atoms with Crippen LogP contribution in [0.1, 0.15) is 47.6 Å². The van der Waals surface area contributed by atoms with Crippen LogP contribution in [0.4, 0.5) is 18.9 Å². The lowest BCUT2D eigenvalue weighted by atomic mass is 10.0. The summed E-state index contributed by atoms with van der Waals surface area (Å²) in [6.07, 6.45) is -3.13. The molecule has 0 bridgehead atoms. The monoisotopic (exact) mass is 739 g/mol. The molecule has 0 aliphatic heterocycles. The molecule has 0 saturated heterocycles. The van der Waals surface area contributed by atoms with Gasteiger partial charge in [-0.25, -0.2) is 4.79 Å². The molecule has 1 atom stereocenters. The Kier molecular flexibility index (Phi) is 13.1. The van der Waals surface area contributed by atoms with Crippen molar-refractivity contribution in [2.24, 2.45) is 5.73 Å². The number of nitrogens with zero attached hydrogens (tertiary/aromatic N) is 1. The first-order valence-electron chi connectivity index (χ1n) is 17.2. The molecule has 5 aromatic carbocycles. The summed E-state index contributed by atoms with van der Waals surface area (Å²) in [5, 5.41) is 10.3. The van der Waals surface area contributed by atoms with Gasteiger partial charge < -0.3 is 30.5 Å². The smallest absolute Gasteiger partial charge is 0.490 e. The third kappa shape index (κ3) is 10.5. The average molecular weight is 740 g/mol. The molecule has 0 spiro atoms. The van der Waals surface area contributed by atoms with Crippen molar-refractivity contribution in [2.75, 3.05) is 12.0 Å². The largest absolute Gasteiger partial charge is 0.497 e. The summed E-state index contributed by atoms with van der Waals surface area (Å²) in [6, 6.07) is 39.3. The van der Waals surface area contributed by atoms with Gasteiger partial charge in [-0.05, 0) is 82.6 Å². The standard InChI is InChI=1S/C40H39N3O4.C2HF3O2/c1-46-33-20-17-31(18-21-33)30-15-13-28(14-16-30)27-43(37-11-4-5-12-38(37)47-34-9-6-7-29(25-34)26-41)40(45)24-23-39(44)42-36-22-19-32-8-2-3-10-35(32)36;3-2(4,5)1(6)7/h2-18,20-21,25,36H,19,22-24,26-27,41H2,1H3,(H,42,44);(H,6,7). The summed E-state index contributed by atoms with van der Waals surface area (Å²) >= 11 is 0. The number of carbonyl (C=O) groups is 3. The zero-order chi connectivity index (χ0) is 38.7. The minimum Gasteiger partial charge on any atom is -0.497 e. The molecule has 0 saturated carbocycles. The normalized spacial score (nSPS) is 13.2. The van der Waals surface area contributed by atoms with Gasteiger partial charge >= 0.3 is 12.1 Å². The van der Waals surface area contributed by atoms with E-state index in [0.29, 0.717) is 30.3 Å². The number of aliphatic carboxylic acids is 1. The lowest BCUT2D eigenvalue weighted by molar-refractivity contribution is -0.192. The number of aryl methyl sites for hydroxylation is 1. The number of nitrogens with two attached hydrogens (primary N) is 1. The summed E-state index contributed by atoms with van der Waals surface area (Å²) in [6.45, 7) is 0.701. The SMILES string of the molecule is COc1ccc(-c2ccc(CN(C(=O)CCC(=O)NC3CCc4ccccc43)c3ccccc3Oc3cccc(CN)c3)cc2)cc1.O=C(O)C(F)(F)F. The van der Waals surface area contributed by atoms with Crippen LogP contribution in [0.3, 0.4) is 0 Å². The van der Waals surface area contributed by atoms with Gasteiger partial charge in [0.25, 0.3) is 0 Å². The van der Waals surface area contributed by atoms with E-state index < -0.39 is 12.1 Å². The van der Waals surface area contributed by atoms with Gasteiger partial charge in [0.05, 0.1) is 25.4 Å². The number of halogens is 3. The number of nitrogens with one attached hydrogen (secondary N) is 1. The first kappa shape index (κ1) is 39.1. The van der Waals surface area contributed by atoms with Crippen molar-refractivity contribution in [3.8, 4) is 28.4 Å². The van der Waals surface area contributed by atoms with Gasteiger partial charge in [-0.3, -0.25) is 9.59 Å². The van der Waals surface area contributed by atoms with Crippen LogP contribution in [-0.4, -0.2) is 36.2 Å². The molecule has 0 aromatic heterocycles. The van der Waals surface area contributed by atoms with Gasteiger partial charge in [-0.1, -0.05) is 84.9 Å². The van der Waals surface area contributed by atoms with Crippen LogP contribution in [0.5, 0.6) is 17.2 Å². The molecule has 1 aliphatic rings. The van der Waals surface area contributed by atoms with Crippen LogP contribution < -0.4 is 25.4 Å². The Morgan fingerprint density at radius 2 is 1.46 bits per heavy atom. The number of amides is 2. The Hall–Kier alpha value is -6.14. The number of carboxylic acid groups (broad SMARTS) is 1. The molecule has 280 valence electrons. The van der Waals surface area contributed by atoms with E-state index in [-0.39, 0.29) is 30.7 Å². The number of ether oxygens (including phenoxy) is 2. The number of fused-ring (bicyclic) bond motifs is 1. The molecule has 2 amide bonds. The Balaban J connectivity index is 0.000000730. The van der Waals surface area contributed by atoms with E-state index in [0.717, 1.165) is 46.4 Å². The van der Waals surface area contributed by atoms with Crippen LogP contribution in [0.15, 0.2) is 121 Å². The van der Waals surface area contributed by atoms with E-state index in [1.807, 2.05) is 109 Å². The third-order valence-electron chi connectivity index (χ3n) is 8.81. The first-order valence-corrected chi connectivity index (χ1v) is 17.2. The number of methoxy groups -OCH3 is 1. The predicted octanol–water partition coefficient (Wildman–Crippen LogP) is 8.36. The molecule has 6 rings (SSSR count). The van der Waals surface area contributed by atoms with Gasteiger partial charge in [-0.2, -0.15) is 13.2 Å². The topological polar surface area (TPSA) is 131 Å². The molecule has 0 fully saturated rings. The molecule has 12 heteroatoms. The van der Waals surface area contributed by atoms with Crippen LogP contribution in [0.25, 0.3) is 11.1 Å². The minimum atomic E-state index is -5.08. The number of anilines is 1. The summed E-state index contributed by atoms with van der Waals surface area (Å²) in [5.74, 6) is -1.08. The Bertz CT molecular complexity index is 2050. The van der Waals surface area contributed by atoms with Crippen LogP contribution in [0.2, 0.25) is 0 Å². The molecule has 54 heavy (non-hydrogen) atoms. The highest BCUT2D eigenvalue weighted by Crippen LogP contribution is 2.35. The van der Waals surface area contributed by atoms with Crippen molar-refractivity contribution in [3.05, 3.63) is 144 Å². The lowest BCUT2D eigenvalue weighted by Crippen LogP contribution is -2.33. The van der Waals surface area contributed by atoms with Gasteiger partial charge in [-0.15, -0.1) is 0 Å². The molecule has 1 aliphatic carbocycles. The van der Waals surface area contributed by atoms with Crippen molar-refractivity contribution in [2.45, 2.75) is 51.0 Å². The molecule has 9 nitrogen and oxygen atoms in total. The Morgan fingerprint density at radius 3 is 2.13 bits per heavy atom.